The molecule has 1 aliphatic heterocycles. The Balaban J connectivity index is 2.18. The second-order valence-electron chi connectivity index (χ2n) is 3.94. The van der Waals surface area contributed by atoms with Gasteiger partial charge in [-0.25, -0.2) is 0 Å². The molecule has 0 bridgehead atoms. The summed E-state index contributed by atoms with van der Waals surface area (Å²) in [5.41, 5.74) is 1.16. The molecule has 4 heteroatoms. The Bertz CT molecular complexity index is 370. The molecule has 0 saturated carbocycles. The molecule has 1 saturated heterocycles. The van der Waals surface area contributed by atoms with Crippen molar-refractivity contribution < 1.29 is 9.84 Å². The Labute approximate surface area is 100 Å². The van der Waals surface area contributed by atoms with E-state index in [1.165, 1.54) is 0 Å². The fourth-order valence-electron chi connectivity index (χ4n) is 1.75. The van der Waals surface area contributed by atoms with Crippen molar-refractivity contribution >= 4 is 11.8 Å². The fraction of sp³-hybridized carbons (Fsp3) is 0.500. The van der Waals surface area contributed by atoms with E-state index in [1.54, 1.807) is 6.07 Å². The first kappa shape index (κ1) is 11.6. The highest BCUT2D eigenvalue weighted by molar-refractivity contribution is 7.99. The maximum atomic E-state index is 9.61. The summed E-state index contributed by atoms with van der Waals surface area (Å²) in [5, 5.41) is 13.4. The van der Waals surface area contributed by atoms with Crippen LogP contribution in [0.15, 0.2) is 18.2 Å². The second-order valence-corrected chi connectivity index (χ2v) is 5.08. The van der Waals surface area contributed by atoms with Gasteiger partial charge in [-0.3, -0.25) is 5.32 Å². The van der Waals surface area contributed by atoms with Gasteiger partial charge in [0.05, 0.1) is 12.0 Å². The van der Waals surface area contributed by atoms with Crippen molar-refractivity contribution in [1.82, 2.24) is 5.32 Å². The van der Waals surface area contributed by atoms with Crippen LogP contribution in [0.4, 0.5) is 0 Å². The van der Waals surface area contributed by atoms with Gasteiger partial charge in [0.25, 0.3) is 0 Å². The normalized spacial score (nSPS) is 24.6. The van der Waals surface area contributed by atoms with Gasteiger partial charge in [-0.15, -0.1) is 11.8 Å². The minimum absolute atomic E-state index is 0.210. The number of rotatable bonds is 3. The Kier molecular flexibility index (Phi) is 3.61. The van der Waals surface area contributed by atoms with E-state index in [1.807, 2.05) is 30.8 Å². The number of thioether (sulfide) groups is 1. The van der Waals surface area contributed by atoms with Crippen molar-refractivity contribution in [3.63, 3.8) is 0 Å². The van der Waals surface area contributed by atoms with Gasteiger partial charge in [0.15, 0.2) is 11.5 Å². The van der Waals surface area contributed by atoms with E-state index < -0.39 is 0 Å². The summed E-state index contributed by atoms with van der Waals surface area (Å²) in [6.45, 7) is 4.66. The first-order valence-corrected chi connectivity index (χ1v) is 6.59. The van der Waals surface area contributed by atoms with Crippen molar-refractivity contribution in [3.8, 4) is 11.5 Å². The summed E-state index contributed by atoms with van der Waals surface area (Å²) < 4.78 is 5.38. The first-order chi connectivity index (χ1) is 7.70. The molecule has 16 heavy (non-hydrogen) atoms. The molecule has 1 aliphatic rings. The Hall–Kier alpha value is -0.870. The summed E-state index contributed by atoms with van der Waals surface area (Å²) in [6.07, 6.45) is 0. The largest absolute Gasteiger partial charge is 0.504 e. The highest BCUT2D eigenvalue weighted by Gasteiger charge is 2.23. The summed E-state index contributed by atoms with van der Waals surface area (Å²) in [6, 6.07) is 6.10. The highest BCUT2D eigenvalue weighted by Crippen LogP contribution is 2.36. The lowest BCUT2D eigenvalue weighted by Gasteiger charge is -2.13. The minimum Gasteiger partial charge on any atom is -0.504 e. The van der Waals surface area contributed by atoms with Crippen LogP contribution in [0.2, 0.25) is 0 Å². The van der Waals surface area contributed by atoms with E-state index in [9.17, 15) is 5.11 Å². The summed E-state index contributed by atoms with van der Waals surface area (Å²) in [4.78, 5) is 0. The van der Waals surface area contributed by atoms with Crippen LogP contribution in [0.5, 0.6) is 11.5 Å². The van der Waals surface area contributed by atoms with Crippen LogP contribution in [0, 0.1) is 0 Å². The Morgan fingerprint density at radius 1 is 1.56 bits per heavy atom. The number of benzene rings is 1. The smallest absolute Gasteiger partial charge is 0.161 e. The predicted octanol–water partition coefficient (Wildman–Crippen LogP) is 2.51. The molecule has 1 heterocycles. The number of nitrogens with one attached hydrogen (secondary N) is 1. The zero-order chi connectivity index (χ0) is 11.5. The average molecular weight is 239 g/mol. The van der Waals surface area contributed by atoms with Crippen LogP contribution in [0.25, 0.3) is 0 Å². The van der Waals surface area contributed by atoms with E-state index in [-0.39, 0.29) is 5.75 Å². The van der Waals surface area contributed by atoms with Gasteiger partial charge in [-0.2, -0.15) is 0 Å². The Morgan fingerprint density at radius 3 is 3.00 bits per heavy atom. The van der Waals surface area contributed by atoms with Crippen LogP contribution >= 0.6 is 11.8 Å². The van der Waals surface area contributed by atoms with Gasteiger partial charge in [0, 0.05) is 11.8 Å². The second kappa shape index (κ2) is 4.97. The number of ether oxygens (including phenoxy) is 1. The number of phenols is 1. The standard InChI is InChI=1S/C12H17NO2S/c1-3-15-11-6-9(4-5-10(11)14)12-13-8(2)7-16-12/h4-6,8,12-14H,3,7H2,1-2H3. The molecular weight excluding hydrogens is 222 g/mol. The lowest BCUT2D eigenvalue weighted by atomic mass is 10.2. The van der Waals surface area contributed by atoms with E-state index in [2.05, 4.69) is 12.2 Å². The summed E-state index contributed by atoms with van der Waals surface area (Å²) >= 11 is 1.89. The Morgan fingerprint density at radius 2 is 2.38 bits per heavy atom. The van der Waals surface area contributed by atoms with Crippen molar-refractivity contribution in [2.24, 2.45) is 0 Å². The molecule has 3 nitrogen and oxygen atoms in total. The van der Waals surface area contributed by atoms with Crippen LogP contribution in [0.1, 0.15) is 24.8 Å². The maximum Gasteiger partial charge on any atom is 0.161 e. The topological polar surface area (TPSA) is 41.5 Å². The quantitative estimate of drug-likeness (QED) is 0.850. The number of hydrogen-bond donors (Lipinski definition) is 2. The molecular formula is C12H17NO2S. The zero-order valence-electron chi connectivity index (χ0n) is 9.56. The van der Waals surface area contributed by atoms with Crippen molar-refractivity contribution in [2.75, 3.05) is 12.4 Å². The number of aromatic hydroxyl groups is 1. The predicted molar refractivity (Wildman–Crippen MR) is 67.1 cm³/mol. The van der Waals surface area contributed by atoms with E-state index >= 15 is 0 Å². The fourth-order valence-corrected chi connectivity index (χ4v) is 3.00. The first-order valence-electron chi connectivity index (χ1n) is 5.54. The maximum absolute atomic E-state index is 9.61. The monoisotopic (exact) mass is 239 g/mol. The van der Waals surface area contributed by atoms with Gasteiger partial charge >= 0.3 is 0 Å². The third-order valence-corrected chi connectivity index (χ3v) is 3.97. The van der Waals surface area contributed by atoms with Gasteiger partial charge < -0.3 is 9.84 Å². The number of phenolic OH excluding ortho intramolecular Hbond substituents is 1. The van der Waals surface area contributed by atoms with Crippen LogP contribution < -0.4 is 10.1 Å². The SMILES string of the molecule is CCOc1cc(C2NC(C)CS2)ccc1O. The molecule has 2 rings (SSSR count). The molecule has 0 aliphatic carbocycles. The molecule has 0 aromatic heterocycles. The van der Waals surface area contributed by atoms with Crippen molar-refractivity contribution in [1.29, 1.82) is 0 Å². The molecule has 0 spiro atoms. The molecule has 0 radical (unpaired) electrons. The summed E-state index contributed by atoms with van der Waals surface area (Å²) in [7, 11) is 0. The average Bonchev–Trinajstić information content (AvgIpc) is 2.69. The molecule has 1 aromatic rings. The molecule has 1 fully saturated rings. The van der Waals surface area contributed by atoms with E-state index in [0.29, 0.717) is 23.8 Å². The lowest BCUT2D eigenvalue weighted by Crippen LogP contribution is -2.21. The van der Waals surface area contributed by atoms with E-state index in [0.717, 1.165) is 11.3 Å². The van der Waals surface area contributed by atoms with Gasteiger partial charge in [-0.1, -0.05) is 6.07 Å². The van der Waals surface area contributed by atoms with Gasteiger partial charge in [0.2, 0.25) is 0 Å². The number of hydrogen-bond acceptors (Lipinski definition) is 4. The van der Waals surface area contributed by atoms with Gasteiger partial charge in [-0.05, 0) is 31.5 Å². The minimum atomic E-state index is 0.210. The summed E-state index contributed by atoms with van der Waals surface area (Å²) in [5.74, 6) is 1.90. The van der Waals surface area contributed by atoms with Crippen molar-refractivity contribution in [2.45, 2.75) is 25.3 Å². The molecule has 1 aromatic carbocycles. The third-order valence-electron chi connectivity index (χ3n) is 2.54. The zero-order valence-corrected chi connectivity index (χ0v) is 10.4. The molecule has 88 valence electrons. The lowest BCUT2D eigenvalue weighted by molar-refractivity contribution is 0.317. The third kappa shape index (κ3) is 2.44. The van der Waals surface area contributed by atoms with E-state index in [4.69, 9.17) is 4.74 Å². The van der Waals surface area contributed by atoms with Crippen LogP contribution in [-0.4, -0.2) is 23.5 Å². The molecule has 0 amide bonds. The highest BCUT2D eigenvalue weighted by atomic mass is 32.2. The van der Waals surface area contributed by atoms with Crippen molar-refractivity contribution in [3.05, 3.63) is 23.8 Å². The molecule has 2 atom stereocenters. The van der Waals surface area contributed by atoms with Gasteiger partial charge in [0.1, 0.15) is 0 Å². The van der Waals surface area contributed by atoms with Crippen LogP contribution in [-0.2, 0) is 0 Å². The molecule has 2 unspecified atom stereocenters. The molecule has 2 N–H and O–H groups in total. The van der Waals surface area contributed by atoms with Crippen LogP contribution in [0.3, 0.4) is 0 Å².